The highest BCUT2D eigenvalue weighted by Crippen LogP contribution is 2.38. The molecule has 0 radical (unpaired) electrons. The van der Waals surface area contributed by atoms with Crippen molar-refractivity contribution in [3.8, 4) is 11.3 Å². The first-order valence-corrected chi connectivity index (χ1v) is 12.4. The predicted octanol–water partition coefficient (Wildman–Crippen LogP) is 4.60. The number of nitrogens with zero attached hydrogens (tertiary/aromatic N) is 7. The van der Waals surface area contributed by atoms with Gasteiger partial charge in [-0.2, -0.15) is 15.1 Å². The Labute approximate surface area is 205 Å². The molecule has 4 heterocycles. The van der Waals surface area contributed by atoms with Gasteiger partial charge in [-0.3, -0.25) is 4.68 Å². The fraction of sp³-hybridized carbons (Fsp3) is 0.417. The van der Waals surface area contributed by atoms with Crippen LogP contribution in [0.3, 0.4) is 0 Å². The second-order valence-electron chi connectivity index (χ2n) is 9.37. The van der Waals surface area contributed by atoms with E-state index in [9.17, 15) is 8.78 Å². The summed E-state index contributed by atoms with van der Waals surface area (Å²) in [4.78, 5) is 18.1. The summed E-state index contributed by atoms with van der Waals surface area (Å²) in [5.74, 6) is -0.857. The molecule has 0 bridgehead atoms. The van der Waals surface area contributed by atoms with Crippen molar-refractivity contribution >= 4 is 32.8 Å². The third-order valence-corrected chi connectivity index (χ3v) is 7.48. The lowest BCUT2D eigenvalue weighted by molar-refractivity contribution is -0.0178. The Morgan fingerprint density at radius 2 is 1.94 bits per heavy atom. The van der Waals surface area contributed by atoms with Gasteiger partial charge in [0.1, 0.15) is 22.4 Å². The van der Waals surface area contributed by atoms with Crippen LogP contribution in [0.15, 0.2) is 30.6 Å². The monoisotopic (exact) mass is 497 g/mol. The first kappa shape index (κ1) is 22.3. The first-order chi connectivity index (χ1) is 16.9. The van der Waals surface area contributed by atoms with Gasteiger partial charge in [-0.15, -0.1) is 0 Å². The third kappa shape index (κ3) is 4.23. The van der Waals surface area contributed by atoms with Crippen molar-refractivity contribution in [2.24, 2.45) is 0 Å². The molecule has 2 fully saturated rings. The van der Waals surface area contributed by atoms with Gasteiger partial charge in [-0.1, -0.05) is 11.3 Å². The molecule has 0 spiro atoms. The van der Waals surface area contributed by atoms with Crippen LogP contribution in [0.2, 0.25) is 0 Å². The Hall–Kier alpha value is -3.18. The molecule has 0 amide bonds. The molecule has 2 atom stereocenters. The second kappa shape index (κ2) is 8.49. The van der Waals surface area contributed by atoms with E-state index in [0.717, 1.165) is 29.6 Å². The fourth-order valence-corrected chi connectivity index (χ4v) is 5.29. The van der Waals surface area contributed by atoms with Crippen molar-refractivity contribution in [1.82, 2.24) is 24.7 Å². The predicted molar refractivity (Wildman–Crippen MR) is 131 cm³/mol. The number of ether oxygens (including phenoxy) is 1. The Balaban J connectivity index is 1.41. The molecule has 11 heteroatoms. The number of thiazole rings is 1. The van der Waals surface area contributed by atoms with Crippen molar-refractivity contribution in [2.75, 3.05) is 37.0 Å². The van der Waals surface area contributed by atoms with E-state index in [1.165, 1.54) is 23.5 Å². The average molecular weight is 498 g/mol. The van der Waals surface area contributed by atoms with Gasteiger partial charge in [0.2, 0.25) is 5.95 Å². The lowest BCUT2D eigenvalue weighted by Gasteiger charge is -2.36. The Morgan fingerprint density at radius 3 is 2.69 bits per heavy atom. The lowest BCUT2D eigenvalue weighted by atomic mass is 10.1. The zero-order chi connectivity index (χ0) is 24.3. The van der Waals surface area contributed by atoms with Crippen LogP contribution in [0, 0.1) is 11.6 Å². The summed E-state index contributed by atoms with van der Waals surface area (Å²) in [6, 6.07) is 4.03. The maximum atomic E-state index is 14.9. The van der Waals surface area contributed by atoms with E-state index in [1.807, 2.05) is 41.7 Å². The molecule has 8 nitrogen and oxygen atoms in total. The van der Waals surface area contributed by atoms with Gasteiger partial charge in [-0.05, 0) is 31.9 Å². The van der Waals surface area contributed by atoms with E-state index in [0.29, 0.717) is 41.1 Å². The smallest absolute Gasteiger partial charge is 0.228 e. The summed E-state index contributed by atoms with van der Waals surface area (Å²) in [5.41, 5.74) is 2.13. The van der Waals surface area contributed by atoms with E-state index >= 15 is 0 Å². The molecule has 1 aliphatic carbocycles. The Bertz CT molecular complexity index is 1400. The van der Waals surface area contributed by atoms with Gasteiger partial charge in [-0.25, -0.2) is 13.8 Å². The highest BCUT2D eigenvalue weighted by Gasteiger charge is 2.32. The maximum absolute atomic E-state index is 14.9. The van der Waals surface area contributed by atoms with Crippen LogP contribution in [0.25, 0.3) is 21.6 Å². The zero-order valence-electron chi connectivity index (χ0n) is 19.7. The summed E-state index contributed by atoms with van der Waals surface area (Å²) in [7, 11) is 3.78. The number of morpholine rings is 1. The minimum Gasteiger partial charge on any atom is -0.367 e. The topological polar surface area (TPSA) is 72.2 Å². The molecule has 1 saturated carbocycles. The van der Waals surface area contributed by atoms with Crippen LogP contribution in [-0.2, 0) is 4.74 Å². The van der Waals surface area contributed by atoms with E-state index in [-0.39, 0.29) is 17.8 Å². The summed E-state index contributed by atoms with van der Waals surface area (Å²) in [6.07, 6.45) is 5.99. The van der Waals surface area contributed by atoms with Crippen LogP contribution < -0.4 is 9.80 Å². The van der Waals surface area contributed by atoms with Crippen molar-refractivity contribution in [3.63, 3.8) is 0 Å². The number of anilines is 2. The maximum Gasteiger partial charge on any atom is 0.228 e. The number of fused-ring (bicyclic) bond motifs is 1. The van der Waals surface area contributed by atoms with Crippen molar-refractivity contribution in [2.45, 2.75) is 38.0 Å². The molecule has 6 rings (SSSR count). The summed E-state index contributed by atoms with van der Waals surface area (Å²) in [5, 5.41) is 5.24. The third-order valence-electron chi connectivity index (χ3n) is 6.26. The molecule has 0 N–H and O–H groups in total. The van der Waals surface area contributed by atoms with Crippen LogP contribution in [0.1, 0.15) is 37.5 Å². The van der Waals surface area contributed by atoms with E-state index in [2.05, 4.69) is 16.3 Å². The highest BCUT2D eigenvalue weighted by molar-refractivity contribution is 7.22. The Kier molecular flexibility index (Phi) is 5.41. The second-order valence-corrected chi connectivity index (χ2v) is 10.3. The number of hydrogen-bond acceptors (Lipinski definition) is 8. The fourth-order valence-electron chi connectivity index (χ4n) is 4.35. The summed E-state index contributed by atoms with van der Waals surface area (Å²) < 4.78 is 37.4. The average Bonchev–Trinajstić information content (AvgIpc) is 3.38. The van der Waals surface area contributed by atoms with Crippen LogP contribution in [0.4, 0.5) is 19.9 Å². The summed E-state index contributed by atoms with van der Waals surface area (Å²) in [6.45, 7) is 3.12. The van der Waals surface area contributed by atoms with Gasteiger partial charge in [0, 0.05) is 44.0 Å². The summed E-state index contributed by atoms with van der Waals surface area (Å²) >= 11 is 1.38. The number of rotatable bonds is 5. The molecule has 35 heavy (non-hydrogen) atoms. The van der Waals surface area contributed by atoms with Gasteiger partial charge in [0.25, 0.3) is 0 Å². The largest absolute Gasteiger partial charge is 0.367 e. The van der Waals surface area contributed by atoms with Crippen molar-refractivity contribution in [3.05, 3.63) is 47.8 Å². The lowest BCUT2D eigenvalue weighted by Crippen LogP contribution is -2.43. The normalized spacial score (nSPS) is 20.5. The molecule has 3 aromatic heterocycles. The molecule has 182 valence electrons. The SMILES string of the molecule is C[C@@H]1CN(c2nc(-c3ccc(F)cc3F)c3sc(N(C)C)nc3n2)C[C@@H](c2cnn(C3CC3)c2)O1. The molecule has 1 saturated heterocycles. The van der Waals surface area contributed by atoms with Crippen molar-refractivity contribution in [1.29, 1.82) is 0 Å². The van der Waals surface area contributed by atoms with Crippen molar-refractivity contribution < 1.29 is 13.5 Å². The van der Waals surface area contributed by atoms with Gasteiger partial charge in [0.05, 0.1) is 30.6 Å². The number of hydrogen-bond donors (Lipinski definition) is 0. The number of benzene rings is 1. The van der Waals surface area contributed by atoms with Crippen LogP contribution in [0.5, 0.6) is 0 Å². The molecular formula is C24H25F2N7OS. The number of halogens is 2. The van der Waals surface area contributed by atoms with Gasteiger partial charge in [0.15, 0.2) is 10.8 Å². The van der Waals surface area contributed by atoms with E-state index in [1.54, 1.807) is 0 Å². The van der Waals surface area contributed by atoms with Gasteiger partial charge < -0.3 is 14.5 Å². The molecule has 0 unspecified atom stereocenters. The van der Waals surface area contributed by atoms with Crippen LogP contribution >= 0.6 is 11.3 Å². The van der Waals surface area contributed by atoms with E-state index < -0.39 is 11.6 Å². The van der Waals surface area contributed by atoms with Crippen LogP contribution in [-0.4, -0.2) is 58.0 Å². The zero-order valence-corrected chi connectivity index (χ0v) is 20.5. The standard InChI is InChI=1S/C24H25F2N7OS/c1-13-10-32(12-19(34-13)14-9-27-33(11-14)16-5-6-16)23-28-20(17-7-4-15(25)8-18(17)26)21-22(29-23)30-24(35-21)31(2)3/h4,7-9,11,13,16,19H,5-6,10,12H2,1-3H3/t13-,19+/m1/s1. The minimum absolute atomic E-state index is 0.0731. The first-order valence-electron chi connectivity index (χ1n) is 11.6. The molecular weight excluding hydrogens is 472 g/mol. The highest BCUT2D eigenvalue weighted by atomic mass is 32.1. The molecule has 2 aliphatic rings. The molecule has 4 aromatic rings. The Morgan fingerprint density at radius 1 is 1.11 bits per heavy atom. The molecule has 1 aromatic carbocycles. The van der Waals surface area contributed by atoms with Gasteiger partial charge >= 0.3 is 0 Å². The molecule has 1 aliphatic heterocycles. The van der Waals surface area contributed by atoms with E-state index in [4.69, 9.17) is 14.7 Å². The number of aromatic nitrogens is 5. The minimum atomic E-state index is -0.670. The quantitative estimate of drug-likeness (QED) is 0.399.